The van der Waals surface area contributed by atoms with Crippen LogP contribution in [-0.2, 0) is 16.1 Å². The molecular formula is C28H30N8O3. The molecule has 200 valence electrons. The number of rotatable bonds is 9. The Labute approximate surface area is 226 Å². The second-order valence-corrected chi connectivity index (χ2v) is 8.74. The average Bonchev–Trinajstić information content (AvgIpc) is 3.43. The number of nitrogens with zero attached hydrogens (tertiary/aromatic N) is 5. The fraction of sp³-hybridized carbons (Fsp3) is 0.214. The lowest BCUT2D eigenvalue weighted by Crippen LogP contribution is -2.36. The zero-order valence-corrected chi connectivity index (χ0v) is 21.6. The maximum absolute atomic E-state index is 12.2. The summed E-state index contributed by atoms with van der Waals surface area (Å²) in [5.74, 6) is 1.14. The summed E-state index contributed by atoms with van der Waals surface area (Å²) in [7, 11) is 1.59. The second kappa shape index (κ2) is 11.8. The Bertz CT molecular complexity index is 1470. The molecule has 1 amide bonds. The van der Waals surface area contributed by atoms with E-state index in [0.29, 0.717) is 61.7 Å². The minimum atomic E-state index is -0.317. The second-order valence-electron chi connectivity index (χ2n) is 8.74. The number of aromatic nitrogens is 4. The van der Waals surface area contributed by atoms with Crippen molar-refractivity contribution in [3.8, 4) is 22.8 Å². The summed E-state index contributed by atoms with van der Waals surface area (Å²) in [5, 5.41) is 10.9. The molecule has 2 aromatic carbocycles. The van der Waals surface area contributed by atoms with Crippen LogP contribution < -0.4 is 26.0 Å². The molecule has 4 N–H and O–H groups in total. The molecule has 5 rings (SSSR count). The number of benzene rings is 2. The minimum Gasteiger partial charge on any atom is -0.494 e. The van der Waals surface area contributed by atoms with E-state index in [0.717, 1.165) is 22.5 Å². The van der Waals surface area contributed by atoms with E-state index in [9.17, 15) is 4.79 Å². The zero-order chi connectivity index (χ0) is 27.2. The molecule has 2 aromatic heterocycles. The van der Waals surface area contributed by atoms with Crippen molar-refractivity contribution in [2.24, 2.45) is 5.73 Å². The van der Waals surface area contributed by atoms with E-state index in [1.165, 1.54) is 6.08 Å². The van der Waals surface area contributed by atoms with Crippen LogP contribution in [0.5, 0.6) is 5.75 Å². The maximum atomic E-state index is 12.2. The Morgan fingerprint density at radius 1 is 1.18 bits per heavy atom. The van der Waals surface area contributed by atoms with Crippen LogP contribution in [0.3, 0.4) is 0 Å². The van der Waals surface area contributed by atoms with Gasteiger partial charge < -0.3 is 30.7 Å². The van der Waals surface area contributed by atoms with E-state index in [4.69, 9.17) is 20.3 Å². The number of ether oxygens (including phenoxy) is 2. The summed E-state index contributed by atoms with van der Waals surface area (Å²) in [6.07, 6.45) is 4.75. The first-order valence-electron chi connectivity index (χ1n) is 12.5. The topological polar surface area (TPSA) is 132 Å². The Morgan fingerprint density at radius 2 is 1.97 bits per heavy atom. The third-order valence-electron chi connectivity index (χ3n) is 6.29. The van der Waals surface area contributed by atoms with E-state index < -0.39 is 0 Å². The largest absolute Gasteiger partial charge is 0.494 e. The van der Waals surface area contributed by atoms with Gasteiger partial charge in [0, 0.05) is 55.3 Å². The number of anilines is 4. The summed E-state index contributed by atoms with van der Waals surface area (Å²) >= 11 is 0. The van der Waals surface area contributed by atoms with Gasteiger partial charge in [-0.25, -0.2) is 9.67 Å². The molecule has 11 heteroatoms. The molecule has 0 radical (unpaired) electrons. The number of carbonyl (C=O) groups is 1. The molecule has 1 aliphatic rings. The van der Waals surface area contributed by atoms with E-state index >= 15 is 0 Å². The zero-order valence-electron chi connectivity index (χ0n) is 21.6. The van der Waals surface area contributed by atoms with Crippen LogP contribution in [0.15, 0.2) is 73.6 Å². The smallest absolute Gasteiger partial charge is 0.247 e. The highest BCUT2D eigenvalue weighted by Gasteiger charge is 2.20. The summed E-state index contributed by atoms with van der Waals surface area (Å²) in [6, 6.07) is 15.3. The molecule has 1 fully saturated rings. The summed E-state index contributed by atoms with van der Waals surface area (Å²) in [6.45, 7) is 6.50. The van der Waals surface area contributed by atoms with Crippen molar-refractivity contribution in [2.75, 3.05) is 48.9 Å². The van der Waals surface area contributed by atoms with Gasteiger partial charge in [0.15, 0.2) is 5.82 Å². The van der Waals surface area contributed by atoms with Crippen molar-refractivity contribution in [3.05, 3.63) is 79.1 Å². The molecule has 0 saturated carbocycles. The maximum Gasteiger partial charge on any atom is 0.247 e. The summed E-state index contributed by atoms with van der Waals surface area (Å²) in [5.41, 5.74) is 10.7. The van der Waals surface area contributed by atoms with Crippen LogP contribution in [0.1, 0.15) is 5.56 Å². The number of carbonyl (C=O) groups excluding carboxylic acids is 1. The SMILES string of the molecule is C=CC(=O)Nc1cc(Nc2nccc(-n3cc(CN)c(-c4ccccc4)n3)n2)c(OC)cc1N1CCOCC1. The van der Waals surface area contributed by atoms with Gasteiger partial charge in [-0.1, -0.05) is 36.9 Å². The number of hydrogen-bond acceptors (Lipinski definition) is 9. The Balaban J connectivity index is 1.48. The van der Waals surface area contributed by atoms with Crippen LogP contribution in [0.2, 0.25) is 0 Å². The number of nitrogens with one attached hydrogen (secondary N) is 2. The highest BCUT2D eigenvalue weighted by atomic mass is 16.5. The van der Waals surface area contributed by atoms with Gasteiger partial charge in [-0.15, -0.1) is 0 Å². The highest BCUT2D eigenvalue weighted by Crippen LogP contribution is 2.38. The third kappa shape index (κ3) is 5.74. The fourth-order valence-electron chi connectivity index (χ4n) is 4.36. The molecular weight excluding hydrogens is 496 g/mol. The Kier molecular flexibility index (Phi) is 7.80. The van der Waals surface area contributed by atoms with Crippen molar-refractivity contribution in [1.82, 2.24) is 19.7 Å². The fourth-order valence-corrected chi connectivity index (χ4v) is 4.36. The van der Waals surface area contributed by atoms with Gasteiger partial charge in [0.05, 0.1) is 43.1 Å². The molecule has 0 unspecified atom stereocenters. The van der Waals surface area contributed by atoms with Crippen molar-refractivity contribution >= 4 is 28.9 Å². The first-order valence-corrected chi connectivity index (χ1v) is 12.5. The molecule has 4 aromatic rings. The highest BCUT2D eigenvalue weighted by molar-refractivity contribution is 6.02. The van der Waals surface area contributed by atoms with Gasteiger partial charge in [-0.3, -0.25) is 4.79 Å². The number of amides is 1. The molecule has 0 spiro atoms. The number of methoxy groups -OCH3 is 1. The molecule has 1 aliphatic heterocycles. The van der Waals surface area contributed by atoms with Gasteiger partial charge >= 0.3 is 0 Å². The lowest BCUT2D eigenvalue weighted by molar-refractivity contribution is -0.111. The number of morpholine rings is 1. The van der Waals surface area contributed by atoms with E-state index in [2.05, 4.69) is 32.1 Å². The van der Waals surface area contributed by atoms with Crippen molar-refractivity contribution in [2.45, 2.75) is 6.54 Å². The monoisotopic (exact) mass is 526 g/mol. The molecule has 0 aliphatic carbocycles. The van der Waals surface area contributed by atoms with Crippen LogP contribution in [0.4, 0.5) is 23.0 Å². The van der Waals surface area contributed by atoms with Crippen LogP contribution in [-0.4, -0.2) is 59.1 Å². The lowest BCUT2D eigenvalue weighted by Gasteiger charge is -2.31. The van der Waals surface area contributed by atoms with E-state index in [-0.39, 0.29) is 5.91 Å². The predicted molar refractivity (Wildman–Crippen MR) is 151 cm³/mol. The summed E-state index contributed by atoms with van der Waals surface area (Å²) < 4.78 is 12.9. The molecule has 39 heavy (non-hydrogen) atoms. The van der Waals surface area contributed by atoms with E-state index in [1.807, 2.05) is 42.6 Å². The first kappa shape index (κ1) is 25.9. The lowest BCUT2D eigenvalue weighted by atomic mass is 10.1. The van der Waals surface area contributed by atoms with E-state index in [1.54, 1.807) is 30.1 Å². The van der Waals surface area contributed by atoms with Crippen LogP contribution >= 0.6 is 0 Å². The normalized spacial score (nSPS) is 13.1. The average molecular weight is 527 g/mol. The molecule has 1 saturated heterocycles. The summed E-state index contributed by atoms with van der Waals surface area (Å²) in [4.78, 5) is 23.4. The molecule has 0 atom stereocenters. The van der Waals surface area contributed by atoms with Gasteiger partial charge in [0.1, 0.15) is 5.75 Å². The molecule has 0 bridgehead atoms. The van der Waals surface area contributed by atoms with Crippen molar-refractivity contribution < 1.29 is 14.3 Å². The predicted octanol–water partition coefficient (Wildman–Crippen LogP) is 3.50. The molecule has 3 heterocycles. The van der Waals surface area contributed by atoms with Crippen LogP contribution in [0, 0.1) is 0 Å². The van der Waals surface area contributed by atoms with Crippen molar-refractivity contribution in [3.63, 3.8) is 0 Å². The number of hydrogen-bond donors (Lipinski definition) is 3. The minimum absolute atomic E-state index is 0.317. The van der Waals surface area contributed by atoms with Gasteiger partial charge in [0.25, 0.3) is 0 Å². The van der Waals surface area contributed by atoms with Gasteiger partial charge in [-0.05, 0) is 12.1 Å². The number of nitrogens with two attached hydrogens (primary N) is 1. The quantitative estimate of drug-likeness (QED) is 0.280. The first-order chi connectivity index (χ1) is 19.1. The van der Waals surface area contributed by atoms with Gasteiger partial charge in [0.2, 0.25) is 11.9 Å². The van der Waals surface area contributed by atoms with Crippen LogP contribution in [0.25, 0.3) is 17.1 Å². The Hall–Kier alpha value is -4.74. The standard InChI is InChI=1S/C28H30N8O3/c1-3-26(37)31-21-15-22(24(38-2)16-23(21)35-11-13-39-14-12-35)32-28-30-10-9-25(33-28)36-18-20(17-29)27(34-36)19-7-5-4-6-8-19/h3-10,15-16,18H,1,11-14,17,29H2,2H3,(H,31,37)(H,30,32,33). The molecule has 11 nitrogen and oxygen atoms in total. The Morgan fingerprint density at radius 3 is 2.69 bits per heavy atom. The van der Waals surface area contributed by atoms with Crippen molar-refractivity contribution in [1.29, 1.82) is 0 Å². The third-order valence-corrected chi connectivity index (χ3v) is 6.29. The van der Waals surface area contributed by atoms with Gasteiger partial charge in [-0.2, -0.15) is 10.1 Å².